The van der Waals surface area contributed by atoms with Crippen LogP contribution in [0, 0.1) is 5.92 Å². The van der Waals surface area contributed by atoms with Crippen LogP contribution in [0.3, 0.4) is 0 Å². The first kappa shape index (κ1) is 10.3. The van der Waals surface area contributed by atoms with E-state index in [1.807, 2.05) is 0 Å². The van der Waals surface area contributed by atoms with Gasteiger partial charge in [0, 0.05) is 5.92 Å². The van der Waals surface area contributed by atoms with Crippen molar-refractivity contribution in [1.82, 2.24) is 0 Å². The largest absolute Gasteiger partial charge is 0.385 e. The lowest BCUT2D eigenvalue weighted by Gasteiger charge is -2.37. The summed E-state index contributed by atoms with van der Waals surface area (Å²) in [4.78, 5) is 0. The minimum absolute atomic E-state index is 0.236. The van der Waals surface area contributed by atoms with Gasteiger partial charge in [-0.1, -0.05) is 12.8 Å². The molecule has 5 heteroatoms. The average Bonchev–Trinajstić information content (AvgIpc) is 2.70. The van der Waals surface area contributed by atoms with Gasteiger partial charge in [0.1, 0.15) is 6.10 Å². The van der Waals surface area contributed by atoms with E-state index in [2.05, 4.69) is 0 Å². The van der Waals surface area contributed by atoms with E-state index in [1.165, 1.54) is 0 Å². The molecule has 2 fully saturated rings. The van der Waals surface area contributed by atoms with Crippen LogP contribution in [-0.4, -0.2) is 44.7 Å². The highest BCUT2D eigenvalue weighted by Gasteiger charge is 2.63. The van der Waals surface area contributed by atoms with Crippen molar-refractivity contribution >= 4 is 0 Å². The molecule has 2 atom stereocenters. The summed E-state index contributed by atoms with van der Waals surface area (Å²) in [5.74, 6) is -4.83. The molecule has 0 spiro atoms. The van der Waals surface area contributed by atoms with Crippen LogP contribution in [0.1, 0.15) is 25.7 Å². The van der Waals surface area contributed by atoms with E-state index in [-0.39, 0.29) is 12.5 Å². The van der Waals surface area contributed by atoms with Gasteiger partial charge in [-0.2, -0.15) is 0 Å². The van der Waals surface area contributed by atoms with Crippen LogP contribution in [0.2, 0.25) is 0 Å². The first-order chi connectivity index (χ1) is 6.48. The second-order valence-electron chi connectivity index (χ2n) is 4.23. The molecule has 0 aromatic carbocycles. The maximum atomic E-state index is 10.0. The summed E-state index contributed by atoms with van der Waals surface area (Å²) in [6.07, 6.45) is 1.86. The summed E-state index contributed by atoms with van der Waals surface area (Å²) >= 11 is 0. The molecule has 1 saturated heterocycles. The van der Waals surface area contributed by atoms with Gasteiger partial charge in [0.05, 0.1) is 6.61 Å². The van der Waals surface area contributed by atoms with Crippen LogP contribution in [0.5, 0.6) is 0 Å². The van der Waals surface area contributed by atoms with Gasteiger partial charge < -0.3 is 25.2 Å². The molecule has 0 radical (unpaired) electrons. The van der Waals surface area contributed by atoms with Crippen LogP contribution in [0.15, 0.2) is 0 Å². The first-order valence-electron chi connectivity index (χ1n) is 4.97. The summed E-state index contributed by atoms with van der Waals surface area (Å²) in [7, 11) is 0. The van der Waals surface area contributed by atoms with Crippen LogP contribution in [-0.2, 0) is 4.74 Å². The van der Waals surface area contributed by atoms with Crippen molar-refractivity contribution in [2.45, 2.75) is 43.4 Å². The van der Waals surface area contributed by atoms with Gasteiger partial charge in [-0.3, -0.25) is 0 Å². The predicted octanol–water partition coefficient (Wildman–Crippen LogP) is -1.06. The van der Waals surface area contributed by atoms with E-state index in [9.17, 15) is 20.4 Å². The monoisotopic (exact) mass is 204 g/mol. The quantitative estimate of drug-likeness (QED) is 0.409. The summed E-state index contributed by atoms with van der Waals surface area (Å²) in [6, 6.07) is 0. The molecule has 1 aliphatic heterocycles. The van der Waals surface area contributed by atoms with Crippen molar-refractivity contribution in [2.24, 2.45) is 5.92 Å². The van der Waals surface area contributed by atoms with E-state index in [1.54, 1.807) is 0 Å². The fraction of sp³-hybridized carbons (Fsp3) is 1.00. The maximum Gasteiger partial charge on any atom is 0.248 e. The highest BCUT2D eigenvalue weighted by molar-refractivity contribution is 5.00. The van der Waals surface area contributed by atoms with Crippen molar-refractivity contribution < 1.29 is 25.2 Å². The number of hydrogen-bond donors (Lipinski definition) is 4. The zero-order valence-corrected chi connectivity index (χ0v) is 7.89. The molecule has 5 nitrogen and oxygen atoms in total. The third kappa shape index (κ3) is 1.20. The molecule has 14 heavy (non-hydrogen) atoms. The van der Waals surface area contributed by atoms with E-state index < -0.39 is 17.7 Å². The summed E-state index contributed by atoms with van der Waals surface area (Å²) < 4.78 is 4.96. The summed E-state index contributed by atoms with van der Waals surface area (Å²) in [6.45, 7) is -0.236. The zero-order valence-electron chi connectivity index (χ0n) is 7.89. The van der Waals surface area contributed by atoms with Crippen molar-refractivity contribution in [3.63, 3.8) is 0 Å². The topological polar surface area (TPSA) is 90.2 Å². The van der Waals surface area contributed by atoms with Gasteiger partial charge in [-0.25, -0.2) is 0 Å². The van der Waals surface area contributed by atoms with E-state index in [0.717, 1.165) is 12.8 Å². The smallest absolute Gasteiger partial charge is 0.248 e. The molecule has 2 unspecified atom stereocenters. The Labute approximate surface area is 81.9 Å². The second-order valence-corrected chi connectivity index (χ2v) is 4.23. The van der Waals surface area contributed by atoms with Crippen LogP contribution in [0.25, 0.3) is 0 Å². The van der Waals surface area contributed by atoms with Crippen LogP contribution < -0.4 is 0 Å². The molecule has 0 bridgehead atoms. The predicted molar refractivity (Wildman–Crippen MR) is 46.0 cm³/mol. The molecule has 1 saturated carbocycles. The molecule has 1 heterocycles. The average molecular weight is 204 g/mol. The molecule has 2 aliphatic rings. The Kier molecular flexibility index (Phi) is 2.32. The Morgan fingerprint density at radius 3 is 2.07 bits per heavy atom. The fourth-order valence-corrected chi connectivity index (χ4v) is 2.40. The summed E-state index contributed by atoms with van der Waals surface area (Å²) in [5.41, 5.74) is 0. The van der Waals surface area contributed by atoms with E-state index in [4.69, 9.17) is 4.74 Å². The third-order valence-electron chi connectivity index (χ3n) is 3.36. The Hall–Kier alpha value is -0.200. The van der Waals surface area contributed by atoms with Crippen molar-refractivity contribution in [3.05, 3.63) is 0 Å². The Morgan fingerprint density at radius 1 is 1.07 bits per heavy atom. The lowest BCUT2D eigenvalue weighted by Crippen LogP contribution is -2.59. The molecule has 0 amide bonds. The SMILES string of the molecule is OC1COC(O)(C2CCCC2)C1(O)O. The molecule has 0 aromatic rings. The Morgan fingerprint density at radius 2 is 1.64 bits per heavy atom. The fourth-order valence-electron chi connectivity index (χ4n) is 2.40. The molecule has 82 valence electrons. The normalized spacial score (nSPS) is 43.3. The number of hydrogen-bond acceptors (Lipinski definition) is 5. The molecular formula is C9H16O5. The second kappa shape index (κ2) is 3.15. The maximum absolute atomic E-state index is 10.0. The first-order valence-corrected chi connectivity index (χ1v) is 4.97. The standard InChI is InChI=1S/C9H16O5/c10-7-5-14-9(13,8(7,11)12)6-3-1-2-4-6/h6-7,10-13H,1-5H2. The van der Waals surface area contributed by atoms with E-state index >= 15 is 0 Å². The summed E-state index contributed by atoms with van der Waals surface area (Å²) in [5, 5.41) is 38.4. The van der Waals surface area contributed by atoms with Crippen molar-refractivity contribution in [3.8, 4) is 0 Å². The van der Waals surface area contributed by atoms with Gasteiger partial charge in [0.2, 0.25) is 11.6 Å². The van der Waals surface area contributed by atoms with Gasteiger partial charge in [0.15, 0.2) is 0 Å². The highest BCUT2D eigenvalue weighted by Crippen LogP contribution is 2.44. The highest BCUT2D eigenvalue weighted by atomic mass is 16.7. The number of aliphatic hydroxyl groups excluding tert-OH is 1. The lowest BCUT2D eigenvalue weighted by molar-refractivity contribution is -0.362. The van der Waals surface area contributed by atoms with Gasteiger partial charge in [0.25, 0.3) is 0 Å². The molecule has 1 aliphatic carbocycles. The van der Waals surface area contributed by atoms with Crippen molar-refractivity contribution in [2.75, 3.05) is 6.61 Å². The molecule has 0 aromatic heterocycles. The van der Waals surface area contributed by atoms with Gasteiger partial charge in [-0.15, -0.1) is 0 Å². The van der Waals surface area contributed by atoms with Crippen LogP contribution >= 0.6 is 0 Å². The van der Waals surface area contributed by atoms with E-state index in [0.29, 0.717) is 12.8 Å². The number of ether oxygens (including phenoxy) is 1. The minimum atomic E-state index is -2.54. The molecule has 2 rings (SSSR count). The molecule has 4 N–H and O–H groups in total. The zero-order chi connectivity index (χ0) is 10.4. The van der Waals surface area contributed by atoms with Crippen LogP contribution in [0.4, 0.5) is 0 Å². The van der Waals surface area contributed by atoms with Crippen molar-refractivity contribution in [1.29, 1.82) is 0 Å². The minimum Gasteiger partial charge on any atom is -0.385 e. The number of aliphatic hydroxyl groups is 4. The Balaban J connectivity index is 2.22. The molecular weight excluding hydrogens is 188 g/mol. The Bertz CT molecular complexity index is 223. The van der Waals surface area contributed by atoms with Gasteiger partial charge in [-0.05, 0) is 12.8 Å². The third-order valence-corrected chi connectivity index (χ3v) is 3.36. The number of rotatable bonds is 1. The van der Waals surface area contributed by atoms with Gasteiger partial charge >= 0.3 is 0 Å². The lowest BCUT2D eigenvalue weighted by atomic mass is 9.89.